The number of Topliss-reactive ketones (excluding diaryl/α,β-unsaturated/α-hetero) is 1. The van der Waals surface area contributed by atoms with Gasteiger partial charge in [-0.15, -0.1) is 0 Å². The normalized spacial score (nSPS) is 10.0. The summed E-state index contributed by atoms with van der Waals surface area (Å²) in [5.74, 6) is -1.04. The summed E-state index contributed by atoms with van der Waals surface area (Å²) >= 11 is 0. The van der Waals surface area contributed by atoms with Gasteiger partial charge in [0, 0.05) is 18.6 Å². The minimum Gasteiger partial charge on any atom is -0.479 e. The van der Waals surface area contributed by atoms with E-state index in [9.17, 15) is 19.3 Å². The minimum atomic E-state index is -0.681. The lowest BCUT2D eigenvalue weighted by atomic mass is 10.2. The van der Waals surface area contributed by atoms with E-state index in [1.165, 1.54) is 0 Å². The van der Waals surface area contributed by atoms with Crippen LogP contribution in [-0.2, 0) is 4.79 Å². The lowest BCUT2D eigenvalue weighted by Gasteiger charge is -2.05. The second-order valence-corrected chi connectivity index (χ2v) is 3.45. The average Bonchev–Trinajstić information content (AvgIpc) is 2.26. The Morgan fingerprint density at radius 1 is 1.53 bits per heavy atom. The van der Waals surface area contributed by atoms with Gasteiger partial charge in [0.2, 0.25) is 0 Å². The molecular weight excluding hydrogens is 229 g/mol. The van der Waals surface area contributed by atoms with E-state index in [0.29, 0.717) is 12.8 Å². The summed E-state index contributed by atoms with van der Waals surface area (Å²) in [7, 11) is 0. The van der Waals surface area contributed by atoms with Gasteiger partial charge in [0.05, 0.1) is 4.92 Å². The monoisotopic (exact) mass is 241 g/mol. The molecule has 0 aliphatic rings. The molecule has 6 heteroatoms. The van der Waals surface area contributed by atoms with Crippen LogP contribution in [0.4, 0.5) is 10.1 Å². The highest BCUT2D eigenvalue weighted by molar-refractivity contribution is 5.80. The summed E-state index contributed by atoms with van der Waals surface area (Å²) in [5, 5.41) is 10.6. The van der Waals surface area contributed by atoms with Crippen molar-refractivity contribution in [2.24, 2.45) is 0 Å². The maximum Gasteiger partial charge on any atom is 0.311 e. The number of nitro groups is 1. The Hall–Kier alpha value is -1.98. The van der Waals surface area contributed by atoms with E-state index < -0.39 is 10.7 Å². The maximum absolute atomic E-state index is 12.9. The number of ether oxygens (including phenoxy) is 1. The third kappa shape index (κ3) is 3.82. The van der Waals surface area contributed by atoms with Gasteiger partial charge in [0.15, 0.2) is 11.5 Å². The molecular formula is C11H12FNO4. The van der Waals surface area contributed by atoms with Crippen molar-refractivity contribution in [2.75, 3.05) is 6.61 Å². The predicted octanol–water partition coefficient (Wildman–Crippen LogP) is 2.48. The van der Waals surface area contributed by atoms with Crippen LogP contribution in [0.3, 0.4) is 0 Å². The van der Waals surface area contributed by atoms with E-state index in [1.807, 2.05) is 6.92 Å². The number of halogens is 1. The van der Waals surface area contributed by atoms with E-state index in [2.05, 4.69) is 0 Å². The highest BCUT2D eigenvalue weighted by atomic mass is 19.1. The molecule has 1 aromatic carbocycles. The van der Waals surface area contributed by atoms with Crippen LogP contribution in [0.5, 0.6) is 5.75 Å². The first-order valence-electron chi connectivity index (χ1n) is 5.13. The minimum absolute atomic E-state index is 0.175. The average molecular weight is 241 g/mol. The number of nitrogens with zero attached hydrogens (tertiary/aromatic N) is 1. The van der Waals surface area contributed by atoms with Crippen molar-refractivity contribution in [1.82, 2.24) is 0 Å². The maximum atomic E-state index is 12.9. The van der Waals surface area contributed by atoms with Crippen molar-refractivity contribution in [2.45, 2.75) is 19.8 Å². The molecule has 0 spiro atoms. The second kappa shape index (κ2) is 5.93. The zero-order valence-corrected chi connectivity index (χ0v) is 9.31. The summed E-state index contributed by atoms with van der Waals surface area (Å²) in [6.07, 6.45) is 1.01. The summed E-state index contributed by atoms with van der Waals surface area (Å²) in [6.45, 7) is 1.56. The van der Waals surface area contributed by atoms with Crippen molar-refractivity contribution in [3.05, 3.63) is 34.1 Å². The number of benzene rings is 1. The molecule has 5 nitrogen and oxygen atoms in total. The van der Waals surface area contributed by atoms with E-state index in [4.69, 9.17) is 4.74 Å². The van der Waals surface area contributed by atoms with Gasteiger partial charge in [-0.2, -0.15) is 0 Å². The molecule has 1 aromatic rings. The molecule has 1 rings (SSSR count). The third-order valence-electron chi connectivity index (χ3n) is 2.04. The number of carbonyl (C=O) groups is 1. The number of hydrogen-bond acceptors (Lipinski definition) is 4. The number of ketones is 1. The Labute approximate surface area is 97.3 Å². The van der Waals surface area contributed by atoms with Crippen molar-refractivity contribution >= 4 is 11.5 Å². The molecule has 0 amide bonds. The van der Waals surface area contributed by atoms with Gasteiger partial charge in [-0.3, -0.25) is 14.9 Å². The first-order valence-corrected chi connectivity index (χ1v) is 5.13. The van der Waals surface area contributed by atoms with E-state index in [-0.39, 0.29) is 23.8 Å². The zero-order valence-electron chi connectivity index (χ0n) is 9.31. The molecule has 0 saturated carbocycles. The van der Waals surface area contributed by atoms with E-state index >= 15 is 0 Å². The Morgan fingerprint density at radius 3 is 2.82 bits per heavy atom. The van der Waals surface area contributed by atoms with E-state index in [1.54, 1.807) is 0 Å². The highest BCUT2D eigenvalue weighted by Crippen LogP contribution is 2.27. The van der Waals surface area contributed by atoms with Crippen LogP contribution in [-0.4, -0.2) is 17.3 Å². The highest BCUT2D eigenvalue weighted by Gasteiger charge is 2.16. The fourth-order valence-corrected chi connectivity index (χ4v) is 1.26. The summed E-state index contributed by atoms with van der Waals surface area (Å²) in [4.78, 5) is 21.1. The molecule has 0 aliphatic heterocycles. The van der Waals surface area contributed by atoms with Crippen molar-refractivity contribution in [3.63, 3.8) is 0 Å². The number of rotatable bonds is 6. The molecule has 0 radical (unpaired) electrons. The number of hydrogen-bond donors (Lipinski definition) is 0. The molecule has 0 heterocycles. The molecule has 0 aliphatic carbocycles. The van der Waals surface area contributed by atoms with Gasteiger partial charge in [-0.05, 0) is 12.5 Å². The van der Waals surface area contributed by atoms with Gasteiger partial charge in [0.25, 0.3) is 0 Å². The molecule has 0 fully saturated rings. The van der Waals surface area contributed by atoms with Gasteiger partial charge < -0.3 is 4.74 Å². The van der Waals surface area contributed by atoms with Crippen LogP contribution in [0.1, 0.15) is 19.8 Å². The van der Waals surface area contributed by atoms with Gasteiger partial charge in [-0.1, -0.05) is 6.92 Å². The van der Waals surface area contributed by atoms with Gasteiger partial charge in [-0.25, -0.2) is 4.39 Å². The SMILES string of the molecule is CCCC(=O)COc1cc(F)ccc1[N+](=O)[O-]. The Morgan fingerprint density at radius 2 is 2.24 bits per heavy atom. The molecule has 0 saturated heterocycles. The molecule has 17 heavy (non-hydrogen) atoms. The lowest BCUT2D eigenvalue weighted by molar-refractivity contribution is -0.385. The van der Waals surface area contributed by atoms with Gasteiger partial charge >= 0.3 is 5.69 Å². The Bertz CT molecular complexity index is 433. The van der Waals surface area contributed by atoms with Crippen molar-refractivity contribution < 1.29 is 18.8 Å². The molecule has 92 valence electrons. The number of carbonyl (C=O) groups excluding carboxylic acids is 1. The molecule has 0 atom stereocenters. The molecule has 0 unspecified atom stereocenters. The Kier molecular flexibility index (Phi) is 4.56. The fraction of sp³-hybridized carbons (Fsp3) is 0.364. The molecule has 0 aromatic heterocycles. The summed E-state index contributed by atoms with van der Waals surface area (Å²) < 4.78 is 17.9. The largest absolute Gasteiger partial charge is 0.479 e. The number of nitro benzene ring substituents is 1. The third-order valence-corrected chi connectivity index (χ3v) is 2.04. The summed E-state index contributed by atoms with van der Waals surface area (Å²) in [6, 6.07) is 2.88. The topological polar surface area (TPSA) is 69.4 Å². The van der Waals surface area contributed by atoms with Crippen molar-refractivity contribution in [3.8, 4) is 5.75 Å². The predicted molar refractivity (Wildman–Crippen MR) is 58.5 cm³/mol. The fourth-order valence-electron chi connectivity index (χ4n) is 1.26. The van der Waals surface area contributed by atoms with Crippen LogP contribution in [0.15, 0.2) is 18.2 Å². The summed E-state index contributed by atoms with van der Waals surface area (Å²) in [5.41, 5.74) is -0.351. The van der Waals surface area contributed by atoms with Crippen LogP contribution >= 0.6 is 0 Å². The van der Waals surface area contributed by atoms with Crippen molar-refractivity contribution in [1.29, 1.82) is 0 Å². The first kappa shape index (κ1) is 13.1. The Balaban J connectivity index is 2.78. The second-order valence-electron chi connectivity index (χ2n) is 3.45. The molecule has 0 bridgehead atoms. The van der Waals surface area contributed by atoms with Crippen LogP contribution in [0.2, 0.25) is 0 Å². The van der Waals surface area contributed by atoms with Crippen LogP contribution < -0.4 is 4.74 Å². The van der Waals surface area contributed by atoms with Crippen LogP contribution in [0.25, 0.3) is 0 Å². The quantitative estimate of drug-likeness (QED) is 0.566. The van der Waals surface area contributed by atoms with Gasteiger partial charge in [0.1, 0.15) is 12.4 Å². The first-order chi connectivity index (χ1) is 8.04. The lowest BCUT2D eigenvalue weighted by Crippen LogP contribution is -2.11. The standard InChI is InChI=1S/C11H12FNO4/c1-2-3-9(14)7-17-11-6-8(12)4-5-10(11)13(15)16/h4-6H,2-3,7H2,1H3. The van der Waals surface area contributed by atoms with Crippen LogP contribution in [0, 0.1) is 15.9 Å². The van der Waals surface area contributed by atoms with E-state index in [0.717, 1.165) is 18.2 Å². The molecule has 0 N–H and O–H groups in total. The smallest absolute Gasteiger partial charge is 0.311 e. The zero-order chi connectivity index (χ0) is 12.8.